The zero-order valence-corrected chi connectivity index (χ0v) is 13.2. The van der Waals surface area contributed by atoms with Gasteiger partial charge in [-0.2, -0.15) is 0 Å². The number of hydrogen-bond acceptors (Lipinski definition) is 3. The van der Waals surface area contributed by atoms with E-state index in [-0.39, 0.29) is 11.9 Å². The second-order valence-electron chi connectivity index (χ2n) is 4.85. The van der Waals surface area contributed by atoms with Crippen LogP contribution in [0.1, 0.15) is 35.4 Å². The highest BCUT2D eigenvalue weighted by molar-refractivity contribution is 9.10. The van der Waals surface area contributed by atoms with Crippen LogP contribution >= 0.6 is 15.9 Å². The Hall–Kier alpha value is -1.81. The lowest BCUT2D eigenvalue weighted by Gasteiger charge is -2.26. The van der Waals surface area contributed by atoms with Crippen LogP contribution in [0.25, 0.3) is 0 Å². The fourth-order valence-electron chi connectivity index (χ4n) is 2.50. The van der Waals surface area contributed by atoms with Crippen molar-refractivity contribution in [3.8, 4) is 11.5 Å². The molecule has 0 fully saturated rings. The van der Waals surface area contributed by atoms with Gasteiger partial charge in [0.05, 0.1) is 18.6 Å². The molecule has 0 bridgehead atoms. The third kappa shape index (κ3) is 2.81. The minimum absolute atomic E-state index is 0.0915. The van der Waals surface area contributed by atoms with Crippen molar-refractivity contribution in [2.45, 2.75) is 19.4 Å². The predicted octanol–water partition coefficient (Wildman–Crippen LogP) is 4.55. The molecule has 2 aromatic rings. The highest BCUT2D eigenvalue weighted by Gasteiger charge is 2.29. The summed E-state index contributed by atoms with van der Waals surface area (Å²) < 4.78 is 12.5. The van der Waals surface area contributed by atoms with E-state index >= 15 is 0 Å². The van der Waals surface area contributed by atoms with Crippen molar-refractivity contribution >= 4 is 21.7 Å². The zero-order chi connectivity index (χ0) is 14.8. The van der Waals surface area contributed by atoms with Crippen LogP contribution in [-0.4, -0.2) is 12.4 Å². The molecule has 1 heterocycles. The Labute approximate surface area is 132 Å². The lowest BCUT2D eigenvalue weighted by molar-refractivity contribution is 0.0846. The summed E-state index contributed by atoms with van der Waals surface area (Å²) in [4.78, 5) is 12.3. The molecule has 0 amide bonds. The first kappa shape index (κ1) is 14.1. The Morgan fingerprint density at radius 1 is 1.29 bits per heavy atom. The molecule has 0 saturated heterocycles. The number of carbonyl (C=O) groups excluding carboxylic acids is 1. The van der Waals surface area contributed by atoms with Gasteiger partial charge < -0.3 is 9.47 Å². The van der Waals surface area contributed by atoms with E-state index in [0.717, 1.165) is 15.8 Å². The summed E-state index contributed by atoms with van der Waals surface area (Å²) in [6.07, 6.45) is 0.0296. The fourth-order valence-corrected chi connectivity index (χ4v) is 2.86. The van der Waals surface area contributed by atoms with Crippen molar-refractivity contribution in [2.75, 3.05) is 6.61 Å². The van der Waals surface area contributed by atoms with Gasteiger partial charge in [0.15, 0.2) is 5.78 Å². The lowest BCUT2D eigenvalue weighted by atomic mass is 9.96. The van der Waals surface area contributed by atoms with Crippen LogP contribution in [-0.2, 0) is 0 Å². The minimum atomic E-state index is -0.297. The zero-order valence-electron chi connectivity index (χ0n) is 11.6. The van der Waals surface area contributed by atoms with Gasteiger partial charge in [0, 0.05) is 10.0 Å². The molecule has 3 rings (SSSR count). The molecule has 1 atom stereocenters. The van der Waals surface area contributed by atoms with E-state index in [1.54, 1.807) is 0 Å². The van der Waals surface area contributed by atoms with E-state index in [2.05, 4.69) is 15.9 Å². The molecule has 4 heteroatoms. The van der Waals surface area contributed by atoms with Gasteiger partial charge in [-0.1, -0.05) is 34.1 Å². The number of benzene rings is 2. The molecule has 2 aromatic carbocycles. The largest absolute Gasteiger partial charge is 0.493 e. The quantitative estimate of drug-likeness (QED) is 0.817. The van der Waals surface area contributed by atoms with Crippen molar-refractivity contribution in [2.24, 2.45) is 0 Å². The molecule has 3 nitrogen and oxygen atoms in total. The maximum atomic E-state index is 12.3. The highest BCUT2D eigenvalue weighted by Crippen LogP contribution is 2.38. The van der Waals surface area contributed by atoms with E-state index in [1.165, 1.54) is 0 Å². The van der Waals surface area contributed by atoms with Crippen LogP contribution in [0.3, 0.4) is 0 Å². The van der Waals surface area contributed by atoms with E-state index in [1.807, 2.05) is 49.4 Å². The average molecular weight is 347 g/mol. The van der Waals surface area contributed by atoms with Gasteiger partial charge in [0.1, 0.15) is 17.6 Å². The summed E-state index contributed by atoms with van der Waals surface area (Å²) in [6, 6.07) is 13.2. The average Bonchev–Trinajstić information content (AvgIpc) is 2.49. The molecule has 21 heavy (non-hydrogen) atoms. The monoisotopic (exact) mass is 346 g/mol. The van der Waals surface area contributed by atoms with Gasteiger partial charge in [0.25, 0.3) is 0 Å². The number of ether oxygens (including phenoxy) is 2. The summed E-state index contributed by atoms with van der Waals surface area (Å²) >= 11 is 3.38. The maximum absolute atomic E-state index is 12.3. The number of hydrogen-bond donors (Lipinski definition) is 0. The minimum Gasteiger partial charge on any atom is -0.493 e. The maximum Gasteiger partial charge on any atom is 0.170 e. The van der Waals surface area contributed by atoms with E-state index < -0.39 is 0 Å². The molecule has 0 N–H and O–H groups in total. The van der Waals surface area contributed by atoms with Gasteiger partial charge in [-0.15, -0.1) is 0 Å². The second-order valence-corrected chi connectivity index (χ2v) is 5.76. The summed E-state index contributed by atoms with van der Waals surface area (Å²) in [5.74, 6) is 1.50. The Morgan fingerprint density at radius 3 is 2.90 bits per heavy atom. The third-order valence-electron chi connectivity index (χ3n) is 3.45. The number of Topliss-reactive ketones (excluding diaryl/α,β-unsaturated/α-hetero) is 1. The highest BCUT2D eigenvalue weighted by atomic mass is 79.9. The lowest BCUT2D eigenvalue weighted by Crippen LogP contribution is -2.21. The number of para-hydroxylation sites is 1. The summed E-state index contributed by atoms with van der Waals surface area (Å²) in [5.41, 5.74) is 1.55. The molecule has 0 aromatic heterocycles. The number of carbonyl (C=O) groups is 1. The van der Waals surface area contributed by atoms with Gasteiger partial charge >= 0.3 is 0 Å². The SMILES string of the molecule is CCOc1ccccc1C1CC(=O)c2cc(Br)ccc2O1. The van der Waals surface area contributed by atoms with E-state index in [4.69, 9.17) is 9.47 Å². The first-order chi connectivity index (χ1) is 10.2. The Bertz CT molecular complexity index is 681. The summed E-state index contributed by atoms with van der Waals surface area (Å²) in [5, 5.41) is 0. The Morgan fingerprint density at radius 2 is 2.10 bits per heavy atom. The molecule has 1 unspecified atom stereocenters. The first-order valence-electron chi connectivity index (χ1n) is 6.90. The van der Waals surface area contributed by atoms with E-state index in [9.17, 15) is 4.79 Å². The first-order valence-corrected chi connectivity index (χ1v) is 7.69. The van der Waals surface area contributed by atoms with Crippen LogP contribution in [0.4, 0.5) is 0 Å². The third-order valence-corrected chi connectivity index (χ3v) is 3.94. The number of rotatable bonds is 3. The fraction of sp³-hybridized carbons (Fsp3) is 0.235. The van der Waals surface area contributed by atoms with Crippen molar-refractivity contribution in [1.29, 1.82) is 0 Å². The Kier molecular flexibility index (Phi) is 3.97. The standard InChI is InChI=1S/C17H15BrO3/c1-2-20-15-6-4-3-5-12(15)17-10-14(19)13-9-11(18)7-8-16(13)21-17/h3-9,17H,2,10H2,1H3. The molecule has 0 aliphatic carbocycles. The normalized spacial score (nSPS) is 17.0. The molecule has 0 saturated carbocycles. The number of fused-ring (bicyclic) bond motifs is 1. The van der Waals surface area contributed by atoms with Crippen LogP contribution in [0.2, 0.25) is 0 Å². The number of halogens is 1. The van der Waals surface area contributed by atoms with Crippen LogP contribution < -0.4 is 9.47 Å². The van der Waals surface area contributed by atoms with Crippen molar-refractivity contribution in [3.05, 3.63) is 58.1 Å². The van der Waals surface area contributed by atoms with Crippen molar-refractivity contribution in [3.63, 3.8) is 0 Å². The summed E-state index contributed by atoms with van der Waals surface area (Å²) in [7, 11) is 0. The molecular formula is C17H15BrO3. The van der Waals surface area contributed by atoms with Crippen LogP contribution in [0, 0.1) is 0 Å². The summed E-state index contributed by atoms with van der Waals surface area (Å²) in [6.45, 7) is 2.53. The molecule has 108 valence electrons. The van der Waals surface area contributed by atoms with Crippen molar-refractivity contribution in [1.82, 2.24) is 0 Å². The smallest absolute Gasteiger partial charge is 0.170 e. The van der Waals surface area contributed by atoms with Gasteiger partial charge in [0.2, 0.25) is 0 Å². The predicted molar refractivity (Wildman–Crippen MR) is 84.1 cm³/mol. The second kappa shape index (κ2) is 5.90. The molecule has 1 aliphatic rings. The van der Waals surface area contributed by atoms with E-state index in [0.29, 0.717) is 24.3 Å². The molecule has 0 radical (unpaired) electrons. The van der Waals surface area contributed by atoms with Gasteiger partial charge in [-0.05, 0) is 31.2 Å². The van der Waals surface area contributed by atoms with Crippen LogP contribution in [0.15, 0.2) is 46.9 Å². The Balaban J connectivity index is 1.96. The van der Waals surface area contributed by atoms with Gasteiger partial charge in [-0.25, -0.2) is 0 Å². The molecular weight excluding hydrogens is 332 g/mol. The topological polar surface area (TPSA) is 35.5 Å². The van der Waals surface area contributed by atoms with Crippen molar-refractivity contribution < 1.29 is 14.3 Å². The molecule has 0 spiro atoms. The van der Waals surface area contributed by atoms with Gasteiger partial charge in [-0.3, -0.25) is 4.79 Å². The molecule has 1 aliphatic heterocycles. The van der Waals surface area contributed by atoms with Crippen LogP contribution in [0.5, 0.6) is 11.5 Å². The number of ketones is 1.